The van der Waals surface area contributed by atoms with Crippen molar-refractivity contribution in [3.8, 4) is 0 Å². The molecule has 0 radical (unpaired) electrons. The SMILES string of the molecule is CCC1CCC(C(N)CCc2ccsc2)CC1. The van der Waals surface area contributed by atoms with E-state index in [1.54, 1.807) is 11.3 Å². The molecule has 1 aromatic rings. The second-order valence-electron chi connectivity index (χ2n) is 5.52. The first-order valence-corrected chi connectivity index (χ1v) is 8.00. The molecule has 1 heterocycles. The quantitative estimate of drug-likeness (QED) is 0.833. The Morgan fingerprint density at radius 3 is 2.71 bits per heavy atom. The maximum atomic E-state index is 6.36. The third-order valence-electron chi connectivity index (χ3n) is 4.42. The number of aryl methyl sites for hydroxylation is 1. The Kier molecular flexibility index (Phi) is 5.05. The number of hydrogen-bond donors (Lipinski definition) is 1. The van der Waals surface area contributed by atoms with Crippen LogP contribution in [0.4, 0.5) is 0 Å². The van der Waals surface area contributed by atoms with Gasteiger partial charge in [0.05, 0.1) is 0 Å². The van der Waals surface area contributed by atoms with Gasteiger partial charge in [0, 0.05) is 6.04 Å². The predicted molar refractivity (Wildman–Crippen MR) is 76.4 cm³/mol. The number of thiophene rings is 1. The molecule has 1 aromatic heterocycles. The van der Waals surface area contributed by atoms with Crippen LogP contribution in [0.5, 0.6) is 0 Å². The van der Waals surface area contributed by atoms with Crippen molar-refractivity contribution in [3.05, 3.63) is 22.4 Å². The highest BCUT2D eigenvalue weighted by atomic mass is 32.1. The second kappa shape index (κ2) is 6.55. The zero-order valence-electron chi connectivity index (χ0n) is 10.9. The second-order valence-corrected chi connectivity index (χ2v) is 6.30. The van der Waals surface area contributed by atoms with Crippen molar-refractivity contribution in [2.75, 3.05) is 0 Å². The number of nitrogens with two attached hydrogens (primary N) is 1. The topological polar surface area (TPSA) is 26.0 Å². The summed E-state index contributed by atoms with van der Waals surface area (Å²) in [6.45, 7) is 2.32. The van der Waals surface area contributed by atoms with Crippen LogP contribution < -0.4 is 5.73 Å². The Morgan fingerprint density at radius 2 is 2.12 bits per heavy atom. The fourth-order valence-corrected chi connectivity index (χ4v) is 3.73. The maximum absolute atomic E-state index is 6.36. The molecule has 2 N–H and O–H groups in total. The average Bonchev–Trinajstić information content (AvgIpc) is 2.89. The minimum absolute atomic E-state index is 0.424. The van der Waals surface area contributed by atoms with Gasteiger partial charge in [0.1, 0.15) is 0 Å². The summed E-state index contributed by atoms with van der Waals surface area (Å²) in [5, 5.41) is 4.41. The molecule has 0 spiro atoms. The fourth-order valence-electron chi connectivity index (χ4n) is 3.03. The Morgan fingerprint density at radius 1 is 1.35 bits per heavy atom. The van der Waals surface area contributed by atoms with Crippen molar-refractivity contribution in [2.24, 2.45) is 17.6 Å². The van der Waals surface area contributed by atoms with E-state index in [4.69, 9.17) is 5.73 Å². The van der Waals surface area contributed by atoms with Gasteiger partial charge in [-0.1, -0.05) is 26.2 Å². The zero-order valence-corrected chi connectivity index (χ0v) is 11.7. The molecule has 0 aromatic carbocycles. The smallest absolute Gasteiger partial charge is 0.00703 e. The van der Waals surface area contributed by atoms with Gasteiger partial charge in [0.15, 0.2) is 0 Å². The summed E-state index contributed by atoms with van der Waals surface area (Å²) < 4.78 is 0. The van der Waals surface area contributed by atoms with Crippen molar-refractivity contribution in [3.63, 3.8) is 0 Å². The molecule has 0 saturated heterocycles. The van der Waals surface area contributed by atoms with Crippen LogP contribution >= 0.6 is 11.3 Å². The standard InChI is InChI=1S/C15H25NS/c1-2-12-3-6-14(7-4-12)15(16)8-5-13-9-10-17-11-13/h9-12,14-15H,2-8,16H2,1H3. The molecule has 96 valence electrons. The Hall–Kier alpha value is -0.340. The summed E-state index contributed by atoms with van der Waals surface area (Å²) in [6, 6.07) is 2.65. The normalized spacial score (nSPS) is 26.9. The molecule has 1 fully saturated rings. The minimum Gasteiger partial charge on any atom is -0.327 e. The van der Waals surface area contributed by atoms with Gasteiger partial charge in [-0.25, -0.2) is 0 Å². The van der Waals surface area contributed by atoms with Crippen LogP contribution in [0, 0.1) is 11.8 Å². The monoisotopic (exact) mass is 251 g/mol. The average molecular weight is 251 g/mol. The number of hydrogen-bond acceptors (Lipinski definition) is 2. The molecule has 1 saturated carbocycles. The van der Waals surface area contributed by atoms with Crippen LogP contribution in [0.25, 0.3) is 0 Å². The van der Waals surface area contributed by atoms with Gasteiger partial charge >= 0.3 is 0 Å². The molecule has 1 aliphatic carbocycles. The van der Waals surface area contributed by atoms with Crippen LogP contribution in [-0.4, -0.2) is 6.04 Å². The molecule has 2 heteroatoms. The summed E-state index contributed by atoms with van der Waals surface area (Å²) >= 11 is 1.79. The molecular weight excluding hydrogens is 226 g/mol. The van der Waals surface area contributed by atoms with Crippen molar-refractivity contribution < 1.29 is 0 Å². The van der Waals surface area contributed by atoms with E-state index in [1.165, 1.54) is 44.1 Å². The molecule has 1 unspecified atom stereocenters. The van der Waals surface area contributed by atoms with E-state index >= 15 is 0 Å². The zero-order chi connectivity index (χ0) is 12.1. The van der Waals surface area contributed by atoms with Gasteiger partial charge in [-0.3, -0.25) is 0 Å². The molecule has 17 heavy (non-hydrogen) atoms. The first-order chi connectivity index (χ1) is 8.29. The molecule has 1 aliphatic rings. The molecular formula is C15H25NS. The van der Waals surface area contributed by atoms with E-state index < -0.39 is 0 Å². The molecule has 2 rings (SSSR count). The van der Waals surface area contributed by atoms with E-state index in [-0.39, 0.29) is 0 Å². The lowest BCUT2D eigenvalue weighted by Crippen LogP contribution is -2.33. The van der Waals surface area contributed by atoms with Gasteiger partial charge in [-0.15, -0.1) is 0 Å². The third kappa shape index (κ3) is 3.82. The van der Waals surface area contributed by atoms with Crippen molar-refractivity contribution in [2.45, 2.75) is 57.9 Å². The highest BCUT2D eigenvalue weighted by Gasteiger charge is 2.24. The van der Waals surface area contributed by atoms with Crippen LogP contribution in [0.2, 0.25) is 0 Å². The summed E-state index contributed by atoms with van der Waals surface area (Å²) in [5.74, 6) is 1.77. The third-order valence-corrected chi connectivity index (χ3v) is 5.15. The minimum atomic E-state index is 0.424. The fraction of sp³-hybridized carbons (Fsp3) is 0.733. The first kappa shape index (κ1) is 13.1. The van der Waals surface area contributed by atoms with Gasteiger partial charge in [-0.05, 0) is 59.9 Å². The van der Waals surface area contributed by atoms with Gasteiger partial charge in [0.2, 0.25) is 0 Å². The van der Waals surface area contributed by atoms with Gasteiger partial charge in [-0.2, -0.15) is 11.3 Å². The van der Waals surface area contributed by atoms with Crippen molar-refractivity contribution in [1.82, 2.24) is 0 Å². The van der Waals surface area contributed by atoms with Crippen molar-refractivity contribution in [1.29, 1.82) is 0 Å². The maximum Gasteiger partial charge on any atom is 0.00703 e. The molecule has 0 amide bonds. The lowest BCUT2D eigenvalue weighted by atomic mass is 9.77. The Labute approximate surface area is 109 Å². The first-order valence-electron chi connectivity index (χ1n) is 7.06. The van der Waals surface area contributed by atoms with Crippen LogP contribution in [-0.2, 0) is 6.42 Å². The van der Waals surface area contributed by atoms with Crippen LogP contribution in [0.1, 0.15) is 51.0 Å². The predicted octanol–water partition coefficient (Wildman–Crippen LogP) is 4.22. The summed E-state index contributed by atoms with van der Waals surface area (Å²) in [5.41, 5.74) is 7.82. The Bertz CT molecular complexity index is 299. The lowest BCUT2D eigenvalue weighted by Gasteiger charge is -2.31. The van der Waals surface area contributed by atoms with E-state index in [0.29, 0.717) is 6.04 Å². The van der Waals surface area contributed by atoms with Crippen molar-refractivity contribution >= 4 is 11.3 Å². The molecule has 1 atom stereocenters. The van der Waals surface area contributed by atoms with Gasteiger partial charge in [0.25, 0.3) is 0 Å². The van der Waals surface area contributed by atoms with E-state index in [1.807, 2.05) is 0 Å². The highest BCUT2D eigenvalue weighted by Crippen LogP contribution is 2.32. The summed E-state index contributed by atoms with van der Waals surface area (Å²) in [7, 11) is 0. The van der Waals surface area contributed by atoms with E-state index in [0.717, 1.165) is 18.3 Å². The van der Waals surface area contributed by atoms with Gasteiger partial charge < -0.3 is 5.73 Å². The highest BCUT2D eigenvalue weighted by molar-refractivity contribution is 7.07. The summed E-state index contributed by atoms with van der Waals surface area (Å²) in [6.07, 6.45) is 9.24. The Balaban J connectivity index is 1.71. The lowest BCUT2D eigenvalue weighted by molar-refractivity contribution is 0.233. The van der Waals surface area contributed by atoms with E-state index in [9.17, 15) is 0 Å². The number of rotatable bonds is 5. The van der Waals surface area contributed by atoms with Crippen LogP contribution in [0.15, 0.2) is 16.8 Å². The van der Waals surface area contributed by atoms with Crippen LogP contribution in [0.3, 0.4) is 0 Å². The largest absolute Gasteiger partial charge is 0.327 e. The molecule has 0 bridgehead atoms. The molecule has 1 nitrogen and oxygen atoms in total. The summed E-state index contributed by atoms with van der Waals surface area (Å²) in [4.78, 5) is 0. The molecule has 0 aliphatic heterocycles. The van der Waals surface area contributed by atoms with E-state index in [2.05, 4.69) is 23.8 Å².